The Labute approximate surface area is 111 Å². The molecule has 3 aromatic rings. The fourth-order valence-corrected chi connectivity index (χ4v) is 2.78. The van der Waals surface area contributed by atoms with Gasteiger partial charge in [0.2, 0.25) is 5.69 Å². The molecule has 92 valence electrons. The molecular formula is C17H14NO+. The number of hydrogen-bond donors (Lipinski definition) is 0. The van der Waals surface area contributed by atoms with Crippen LogP contribution in [0.5, 0.6) is 5.75 Å². The molecule has 0 amide bonds. The maximum Gasteiger partial charge on any atom is 0.292 e. The summed E-state index contributed by atoms with van der Waals surface area (Å²) in [5.41, 5.74) is 3.62. The highest BCUT2D eigenvalue weighted by Gasteiger charge is 2.26. The SMILES string of the molecule is Cc1cccc2[n+]1COc1c-2ccc2ccccc12. The zero-order valence-electron chi connectivity index (χ0n) is 10.8. The van der Waals surface area contributed by atoms with Crippen LogP contribution in [0, 0.1) is 6.92 Å². The molecule has 2 heteroatoms. The summed E-state index contributed by atoms with van der Waals surface area (Å²) in [4.78, 5) is 0. The Morgan fingerprint density at radius 2 is 1.84 bits per heavy atom. The molecule has 1 aliphatic heterocycles. The third kappa shape index (κ3) is 1.46. The summed E-state index contributed by atoms with van der Waals surface area (Å²) in [7, 11) is 0. The Balaban J connectivity index is 2.08. The van der Waals surface area contributed by atoms with Gasteiger partial charge in [-0.3, -0.25) is 0 Å². The fourth-order valence-electron chi connectivity index (χ4n) is 2.78. The van der Waals surface area contributed by atoms with Crippen LogP contribution < -0.4 is 9.30 Å². The molecule has 0 unspecified atom stereocenters. The average Bonchev–Trinajstić information content (AvgIpc) is 2.47. The van der Waals surface area contributed by atoms with Crippen molar-refractivity contribution in [2.24, 2.45) is 0 Å². The minimum Gasteiger partial charge on any atom is -0.434 e. The molecule has 0 saturated heterocycles. The molecule has 4 rings (SSSR count). The fraction of sp³-hybridized carbons (Fsp3) is 0.118. The monoisotopic (exact) mass is 248 g/mol. The van der Waals surface area contributed by atoms with Crippen molar-refractivity contribution in [2.45, 2.75) is 13.7 Å². The van der Waals surface area contributed by atoms with Crippen LogP contribution in [-0.2, 0) is 6.73 Å². The quantitative estimate of drug-likeness (QED) is 0.555. The predicted molar refractivity (Wildman–Crippen MR) is 74.9 cm³/mol. The van der Waals surface area contributed by atoms with E-state index in [0.29, 0.717) is 6.73 Å². The van der Waals surface area contributed by atoms with Gasteiger partial charge in [0.05, 0.1) is 5.56 Å². The minimum atomic E-state index is 0.586. The molecule has 0 N–H and O–H groups in total. The largest absolute Gasteiger partial charge is 0.434 e. The molecule has 0 bridgehead atoms. The van der Waals surface area contributed by atoms with E-state index in [1.54, 1.807) is 0 Å². The smallest absolute Gasteiger partial charge is 0.292 e. The first-order valence-electron chi connectivity index (χ1n) is 6.49. The molecule has 0 spiro atoms. The second kappa shape index (κ2) is 3.82. The van der Waals surface area contributed by atoms with Crippen molar-refractivity contribution in [3.63, 3.8) is 0 Å². The van der Waals surface area contributed by atoms with E-state index in [9.17, 15) is 0 Å². The lowest BCUT2D eigenvalue weighted by atomic mass is 10.0. The molecular weight excluding hydrogens is 234 g/mol. The van der Waals surface area contributed by atoms with Gasteiger partial charge in [0.1, 0.15) is 5.75 Å². The summed E-state index contributed by atoms with van der Waals surface area (Å²) >= 11 is 0. The summed E-state index contributed by atoms with van der Waals surface area (Å²) in [6.07, 6.45) is 0. The van der Waals surface area contributed by atoms with E-state index in [-0.39, 0.29) is 0 Å². The first kappa shape index (κ1) is 10.6. The standard InChI is InChI=1S/C17H14NO/c1-12-5-4-8-16-15-10-9-13-6-2-3-7-14(13)17(15)19-11-18(12)16/h2-10H,11H2,1H3/q+1. The maximum atomic E-state index is 6.01. The molecule has 19 heavy (non-hydrogen) atoms. The minimum absolute atomic E-state index is 0.586. The molecule has 0 aliphatic carbocycles. The van der Waals surface area contributed by atoms with Gasteiger partial charge < -0.3 is 4.74 Å². The summed E-state index contributed by atoms with van der Waals surface area (Å²) in [6.45, 7) is 2.70. The molecule has 2 nitrogen and oxygen atoms in total. The van der Waals surface area contributed by atoms with E-state index in [0.717, 1.165) is 5.75 Å². The number of rotatable bonds is 0. The highest BCUT2D eigenvalue weighted by Crippen LogP contribution is 2.37. The molecule has 2 aromatic carbocycles. The Morgan fingerprint density at radius 1 is 0.947 bits per heavy atom. The van der Waals surface area contributed by atoms with Gasteiger partial charge >= 0.3 is 0 Å². The van der Waals surface area contributed by atoms with Crippen molar-refractivity contribution in [3.8, 4) is 17.0 Å². The molecule has 0 radical (unpaired) electrons. The predicted octanol–water partition coefficient (Wildman–Crippen LogP) is 3.45. The van der Waals surface area contributed by atoms with Gasteiger partial charge in [-0.15, -0.1) is 0 Å². The first-order chi connectivity index (χ1) is 9.34. The number of benzene rings is 2. The lowest BCUT2D eigenvalue weighted by molar-refractivity contribution is -0.722. The van der Waals surface area contributed by atoms with Crippen LogP contribution in [0.3, 0.4) is 0 Å². The normalized spacial score (nSPS) is 12.7. The van der Waals surface area contributed by atoms with Crippen LogP contribution in [0.1, 0.15) is 5.69 Å². The maximum absolute atomic E-state index is 6.01. The van der Waals surface area contributed by atoms with Gasteiger partial charge in [-0.1, -0.05) is 30.3 Å². The molecule has 0 atom stereocenters. The highest BCUT2D eigenvalue weighted by atomic mass is 16.5. The lowest BCUT2D eigenvalue weighted by Gasteiger charge is -2.18. The van der Waals surface area contributed by atoms with Gasteiger partial charge in [-0.25, -0.2) is 0 Å². The Morgan fingerprint density at radius 3 is 2.79 bits per heavy atom. The van der Waals surface area contributed by atoms with Crippen LogP contribution >= 0.6 is 0 Å². The van der Waals surface area contributed by atoms with Crippen molar-refractivity contribution in [2.75, 3.05) is 0 Å². The number of pyridine rings is 1. The van der Waals surface area contributed by atoms with Gasteiger partial charge in [0, 0.05) is 24.4 Å². The van der Waals surface area contributed by atoms with E-state index in [4.69, 9.17) is 4.74 Å². The second-order valence-corrected chi connectivity index (χ2v) is 4.92. The Hall–Kier alpha value is -2.35. The molecule has 1 aliphatic rings. The molecule has 0 saturated carbocycles. The number of fused-ring (bicyclic) bond motifs is 5. The van der Waals surface area contributed by atoms with Crippen molar-refractivity contribution in [3.05, 3.63) is 60.3 Å². The zero-order valence-corrected chi connectivity index (χ0v) is 10.8. The van der Waals surface area contributed by atoms with Crippen LogP contribution in [0.25, 0.3) is 22.0 Å². The number of ether oxygens (including phenoxy) is 1. The van der Waals surface area contributed by atoms with E-state index < -0.39 is 0 Å². The van der Waals surface area contributed by atoms with Crippen molar-refractivity contribution in [1.82, 2.24) is 0 Å². The third-order valence-electron chi connectivity index (χ3n) is 3.80. The van der Waals surface area contributed by atoms with Gasteiger partial charge in [0.15, 0.2) is 5.69 Å². The van der Waals surface area contributed by atoms with E-state index in [1.807, 2.05) is 0 Å². The summed E-state index contributed by atoms with van der Waals surface area (Å²) in [5, 5.41) is 2.41. The third-order valence-corrected chi connectivity index (χ3v) is 3.80. The van der Waals surface area contributed by atoms with Crippen molar-refractivity contribution >= 4 is 10.8 Å². The molecule has 2 heterocycles. The zero-order chi connectivity index (χ0) is 12.8. The average molecular weight is 248 g/mol. The van der Waals surface area contributed by atoms with E-state index in [1.165, 1.54) is 27.7 Å². The van der Waals surface area contributed by atoms with Crippen LogP contribution in [0.4, 0.5) is 0 Å². The number of nitrogens with zero attached hydrogens (tertiary/aromatic N) is 1. The Kier molecular flexibility index (Phi) is 2.12. The van der Waals surface area contributed by atoms with Crippen LogP contribution in [0.2, 0.25) is 0 Å². The summed E-state index contributed by atoms with van der Waals surface area (Å²) in [6, 6.07) is 19.1. The molecule has 0 fully saturated rings. The highest BCUT2D eigenvalue weighted by molar-refractivity contribution is 5.94. The Bertz CT molecular complexity index is 792. The number of aromatic nitrogens is 1. The number of hydrogen-bond acceptors (Lipinski definition) is 1. The van der Waals surface area contributed by atoms with E-state index in [2.05, 4.69) is 66.1 Å². The summed E-state index contributed by atoms with van der Waals surface area (Å²) < 4.78 is 8.21. The van der Waals surface area contributed by atoms with Gasteiger partial charge in [-0.2, -0.15) is 4.57 Å². The van der Waals surface area contributed by atoms with E-state index >= 15 is 0 Å². The lowest BCUT2D eigenvalue weighted by Crippen LogP contribution is -2.44. The van der Waals surface area contributed by atoms with Crippen LogP contribution in [-0.4, -0.2) is 0 Å². The number of aryl methyl sites for hydroxylation is 1. The topological polar surface area (TPSA) is 13.1 Å². The van der Waals surface area contributed by atoms with Crippen molar-refractivity contribution < 1.29 is 9.30 Å². The van der Waals surface area contributed by atoms with Gasteiger partial charge in [0.25, 0.3) is 6.73 Å². The second-order valence-electron chi connectivity index (χ2n) is 4.92. The van der Waals surface area contributed by atoms with Crippen molar-refractivity contribution in [1.29, 1.82) is 0 Å². The molecule has 1 aromatic heterocycles. The first-order valence-corrected chi connectivity index (χ1v) is 6.49. The van der Waals surface area contributed by atoms with Crippen LogP contribution in [0.15, 0.2) is 54.6 Å². The van der Waals surface area contributed by atoms with Gasteiger partial charge in [-0.05, 0) is 17.5 Å². The summed E-state index contributed by atoms with van der Waals surface area (Å²) in [5.74, 6) is 1.00.